The van der Waals surface area contributed by atoms with Crippen molar-refractivity contribution in [3.63, 3.8) is 0 Å². The van der Waals surface area contributed by atoms with E-state index in [2.05, 4.69) is 54.2 Å². The standard InChI is InChI=1S/C24H35N3O4.ClH/c1-17-4-5-19-18(16-17)23(2)7-8-24(29-14-15-30-24)21(22(23)31-19)25-20(28)6-9-27-12-10-26(3)11-13-27;/h4-5,16,21-22H,6-15H2,1-3H3,(H,25,28);1H/t21-,22+,23+;/m1./s1. The van der Waals surface area contributed by atoms with Crippen LogP contribution in [0.25, 0.3) is 0 Å². The van der Waals surface area contributed by atoms with Gasteiger partial charge < -0.3 is 29.3 Å². The number of benzene rings is 1. The maximum atomic E-state index is 13.1. The van der Waals surface area contributed by atoms with Gasteiger partial charge in [-0.3, -0.25) is 4.79 Å². The molecule has 0 aromatic heterocycles. The van der Waals surface area contributed by atoms with Crippen LogP contribution in [0.5, 0.6) is 5.75 Å². The number of likely N-dealkylation sites (N-methyl/N-ethyl adjacent to an activating group) is 1. The van der Waals surface area contributed by atoms with Gasteiger partial charge in [-0.25, -0.2) is 0 Å². The number of carbonyl (C=O) groups excluding carboxylic acids is 1. The number of amides is 1. The Morgan fingerprint density at radius 3 is 2.59 bits per heavy atom. The van der Waals surface area contributed by atoms with Crippen molar-refractivity contribution >= 4 is 18.3 Å². The van der Waals surface area contributed by atoms with E-state index in [4.69, 9.17) is 14.2 Å². The number of fused-ring (bicyclic) bond motifs is 3. The Morgan fingerprint density at radius 2 is 1.88 bits per heavy atom. The number of hydrogen-bond acceptors (Lipinski definition) is 6. The van der Waals surface area contributed by atoms with Crippen LogP contribution in [0.2, 0.25) is 0 Å². The number of piperazine rings is 1. The lowest BCUT2D eigenvalue weighted by atomic mass is 9.66. The quantitative estimate of drug-likeness (QED) is 0.734. The van der Waals surface area contributed by atoms with E-state index >= 15 is 0 Å². The molecule has 3 heterocycles. The Hall–Kier alpha value is -1.38. The monoisotopic (exact) mass is 465 g/mol. The summed E-state index contributed by atoms with van der Waals surface area (Å²) in [4.78, 5) is 17.8. The zero-order valence-corrected chi connectivity index (χ0v) is 20.2. The Labute approximate surface area is 197 Å². The third-order valence-corrected chi connectivity index (χ3v) is 7.75. The molecule has 8 heteroatoms. The van der Waals surface area contributed by atoms with Gasteiger partial charge in [-0.2, -0.15) is 0 Å². The molecule has 3 aliphatic heterocycles. The molecule has 1 aliphatic carbocycles. The molecule has 2 saturated heterocycles. The fourth-order valence-electron chi connectivity index (χ4n) is 5.70. The van der Waals surface area contributed by atoms with Crippen LogP contribution in [0.1, 0.15) is 37.3 Å². The number of ether oxygens (including phenoxy) is 3. The van der Waals surface area contributed by atoms with E-state index in [1.54, 1.807) is 0 Å². The zero-order chi connectivity index (χ0) is 21.6. The number of rotatable bonds is 4. The highest BCUT2D eigenvalue weighted by atomic mass is 35.5. The Kier molecular flexibility index (Phi) is 6.76. The van der Waals surface area contributed by atoms with Crippen LogP contribution < -0.4 is 10.1 Å². The third-order valence-electron chi connectivity index (χ3n) is 7.75. The summed E-state index contributed by atoms with van der Waals surface area (Å²) in [6.07, 6.45) is 1.93. The average molecular weight is 466 g/mol. The second-order valence-electron chi connectivity index (χ2n) is 9.90. The summed E-state index contributed by atoms with van der Waals surface area (Å²) >= 11 is 0. The second kappa shape index (κ2) is 9.11. The zero-order valence-electron chi connectivity index (χ0n) is 19.4. The van der Waals surface area contributed by atoms with Gasteiger partial charge in [-0.05, 0) is 26.5 Å². The number of carbonyl (C=O) groups is 1. The SMILES string of the molecule is Cc1ccc2c(c1)[C@]1(C)CCC3(OCCO3)[C@H](NC(=O)CCN3CCN(C)CC3)[C@@H]1O2.Cl. The van der Waals surface area contributed by atoms with Crippen molar-refractivity contribution in [2.75, 3.05) is 53.0 Å². The van der Waals surface area contributed by atoms with Crippen molar-refractivity contribution in [3.8, 4) is 5.75 Å². The summed E-state index contributed by atoms with van der Waals surface area (Å²) in [7, 11) is 2.15. The number of nitrogens with one attached hydrogen (secondary N) is 1. The van der Waals surface area contributed by atoms with Crippen LogP contribution in [0, 0.1) is 6.92 Å². The van der Waals surface area contributed by atoms with Gasteiger partial charge in [0.2, 0.25) is 5.91 Å². The lowest BCUT2D eigenvalue weighted by Gasteiger charge is -2.49. The highest BCUT2D eigenvalue weighted by molar-refractivity contribution is 5.85. The summed E-state index contributed by atoms with van der Waals surface area (Å²) in [5.74, 6) is 0.178. The maximum Gasteiger partial charge on any atom is 0.221 e. The maximum absolute atomic E-state index is 13.1. The first-order chi connectivity index (χ1) is 14.9. The predicted molar refractivity (Wildman–Crippen MR) is 125 cm³/mol. The molecular weight excluding hydrogens is 430 g/mol. The fourth-order valence-corrected chi connectivity index (χ4v) is 5.70. The molecule has 1 aromatic rings. The van der Waals surface area contributed by atoms with Gasteiger partial charge in [0, 0.05) is 56.5 Å². The minimum atomic E-state index is -0.787. The predicted octanol–water partition coefficient (Wildman–Crippen LogP) is 2.09. The smallest absolute Gasteiger partial charge is 0.221 e. The average Bonchev–Trinajstić information content (AvgIpc) is 3.34. The first-order valence-corrected chi connectivity index (χ1v) is 11.7. The second-order valence-corrected chi connectivity index (χ2v) is 9.90. The van der Waals surface area contributed by atoms with Gasteiger partial charge in [-0.1, -0.05) is 24.6 Å². The molecule has 32 heavy (non-hydrogen) atoms. The van der Waals surface area contributed by atoms with Crippen LogP contribution in [-0.4, -0.2) is 86.6 Å². The third kappa shape index (κ3) is 4.14. The molecule has 5 rings (SSSR count). The molecule has 1 amide bonds. The topological polar surface area (TPSA) is 63.3 Å². The molecule has 1 N–H and O–H groups in total. The molecule has 178 valence electrons. The van der Waals surface area contributed by atoms with Gasteiger partial charge >= 0.3 is 0 Å². The van der Waals surface area contributed by atoms with E-state index < -0.39 is 5.79 Å². The number of nitrogens with zero attached hydrogens (tertiary/aromatic N) is 2. The molecule has 0 unspecified atom stereocenters. The Bertz CT molecular complexity index is 839. The van der Waals surface area contributed by atoms with Crippen LogP contribution in [0.4, 0.5) is 0 Å². The van der Waals surface area contributed by atoms with E-state index in [0.717, 1.165) is 51.3 Å². The molecule has 1 aromatic carbocycles. The van der Waals surface area contributed by atoms with Gasteiger partial charge in [0.25, 0.3) is 0 Å². The van der Waals surface area contributed by atoms with Crippen LogP contribution in [0.15, 0.2) is 18.2 Å². The molecule has 1 saturated carbocycles. The van der Waals surface area contributed by atoms with Crippen LogP contribution in [0.3, 0.4) is 0 Å². The summed E-state index contributed by atoms with van der Waals surface area (Å²) in [5, 5.41) is 3.30. The molecule has 3 fully saturated rings. The highest BCUT2D eigenvalue weighted by Crippen LogP contribution is 2.54. The molecule has 7 nitrogen and oxygen atoms in total. The lowest BCUT2D eigenvalue weighted by molar-refractivity contribution is -0.221. The van der Waals surface area contributed by atoms with Gasteiger partial charge in [-0.15, -0.1) is 12.4 Å². The van der Waals surface area contributed by atoms with E-state index in [9.17, 15) is 4.79 Å². The largest absolute Gasteiger partial charge is 0.487 e. The van der Waals surface area contributed by atoms with E-state index in [-0.39, 0.29) is 35.9 Å². The molecule has 0 bridgehead atoms. The molecule has 1 spiro atoms. The number of aryl methyl sites for hydroxylation is 1. The minimum absolute atomic E-state index is 0. The van der Waals surface area contributed by atoms with Crippen molar-refractivity contribution in [2.45, 2.75) is 56.5 Å². The molecule has 0 radical (unpaired) electrons. The molecule has 4 aliphatic rings. The normalized spacial score (nSPS) is 31.5. The molecular formula is C24H36ClN3O4. The number of hydrogen-bond donors (Lipinski definition) is 1. The summed E-state index contributed by atoms with van der Waals surface area (Å²) in [5.41, 5.74) is 2.30. The fraction of sp³-hybridized carbons (Fsp3) is 0.708. The van der Waals surface area contributed by atoms with Gasteiger partial charge in [0.15, 0.2) is 5.79 Å². The van der Waals surface area contributed by atoms with Crippen molar-refractivity contribution in [3.05, 3.63) is 29.3 Å². The van der Waals surface area contributed by atoms with Crippen molar-refractivity contribution in [2.24, 2.45) is 0 Å². The van der Waals surface area contributed by atoms with Gasteiger partial charge in [0.1, 0.15) is 17.9 Å². The Balaban J connectivity index is 0.00000245. The Morgan fingerprint density at radius 1 is 1.16 bits per heavy atom. The van der Waals surface area contributed by atoms with Crippen molar-refractivity contribution in [1.82, 2.24) is 15.1 Å². The highest BCUT2D eigenvalue weighted by Gasteiger charge is 2.62. The first kappa shape index (κ1) is 23.8. The van der Waals surface area contributed by atoms with Crippen molar-refractivity contribution < 1.29 is 19.0 Å². The summed E-state index contributed by atoms with van der Waals surface area (Å²) in [6, 6.07) is 6.04. The van der Waals surface area contributed by atoms with E-state index in [0.29, 0.717) is 19.6 Å². The summed E-state index contributed by atoms with van der Waals surface area (Å²) < 4.78 is 18.8. The van der Waals surface area contributed by atoms with E-state index in [1.165, 1.54) is 11.1 Å². The number of halogens is 1. The van der Waals surface area contributed by atoms with Crippen LogP contribution >= 0.6 is 12.4 Å². The first-order valence-electron chi connectivity index (χ1n) is 11.7. The van der Waals surface area contributed by atoms with Gasteiger partial charge in [0.05, 0.1) is 13.2 Å². The minimum Gasteiger partial charge on any atom is -0.487 e. The van der Waals surface area contributed by atoms with E-state index in [1.807, 2.05) is 0 Å². The lowest BCUT2D eigenvalue weighted by Crippen LogP contribution is -2.67. The van der Waals surface area contributed by atoms with Crippen molar-refractivity contribution in [1.29, 1.82) is 0 Å². The van der Waals surface area contributed by atoms with Crippen LogP contribution in [-0.2, 0) is 19.7 Å². The molecule has 3 atom stereocenters. The summed E-state index contributed by atoms with van der Waals surface area (Å²) in [6.45, 7) is 10.4.